The van der Waals surface area contributed by atoms with Crippen molar-refractivity contribution in [3.05, 3.63) is 78.9 Å². The summed E-state index contributed by atoms with van der Waals surface area (Å²) < 4.78 is 0. The van der Waals surface area contributed by atoms with Crippen LogP contribution in [0.5, 0.6) is 0 Å². The average Bonchev–Trinajstić information content (AvgIpc) is 2.50. The van der Waals surface area contributed by atoms with E-state index in [0.29, 0.717) is 0 Å². The molecule has 0 aromatic heterocycles. The summed E-state index contributed by atoms with van der Waals surface area (Å²) >= 11 is 1.69. The van der Waals surface area contributed by atoms with Crippen molar-refractivity contribution in [2.45, 2.75) is 35.5 Å². The van der Waals surface area contributed by atoms with Gasteiger partial charge in [-0.3, -0.25) is 0 Å². The maximum Gasteiger partial charge on any atom is 0.0841 e. The first kappa shape index (κ1) is 15.9. The third-order valence-electron chi connectivity index (χ3n) is 3.90. The first-order valence-electron chi connectivity index (χ1n) is 7.17. The van der Waals surface area contributed by atoms with Gasteiger partial charge in [-0.1, -0.05) is 61.5 Å². The van der Waals surface area contributed by atoms with Gasteiger partial charge in [-0.05, 0) is 24.6 Å². The minimum Gasteiger partial charge on any atom is -0.388 e. The van der Waals surface area contributed by atoms with Gasteiger partial charge < -0.3 is 5.11 Å². The van der Waals surface area contributed by atoms with Crippen LogP contribution in [0.25, 0.3) is 0 Å². The molecule has 0 aliphatic heterocycles. The lowest BCUT2D eigenvalue weighted by Crippen LogP contribution is -2.40. The molecule has 0 spiro atoms. The van der Waals surface area contributed by atoms with Gasteiger partial charge in [-0.15, -0.1) is 18.3 Å². The predicted octanol–water partition coefficient (Wildman–Crippen LogP) is 4.89. The molecule has 3 atom stereocenters. The quantitative estimate of drug-likeness (QED) is 0.605. The zero-order valence-corrected chi connectivity index (χ0v) is 13.4. The van der Waals surface area contributed by atoms with Crippen molar-refractivity contribution in [2.75, 3.05) is 0 Å². The lowest BCUT2D eigenvalue weighted by molar-refractivity contribution is 0.0470. The minimum atomic E-state index is -0.871. The molecule has 0 saturated carbocycles. The van der Waals surface area contributed by atoms with Crippen LogP contribution in [0.2, 0.25) is 0 Å². The Morgan fingerprint density at radius 3 is 2.10 bits per heavy atom. The van der Waals surface area contributed by atoms with Gasteiger partial charge in [0.25, 0.3) is 0 Å². The van der Waals surface area contributed by atoms with E-state index in [1.54, 1.807) is 11.8 Å². The summed E-state index contributed by atoms with van der Waals surface area (Å²) in [4.78, 5) is 1.17. The van der Waals surface area contributed by atoms with Gasteiger partial charge in [0.2, 0.25) is 0 Å². The molecule has 110 valence electrons. The normalized spacial score (nSPS) is 16.7. The van der Waals surface area contributed by atoms with E-state index < -0.39 is 5.60 Å². The zero-order valence-electron chi connectivity index (χ0n) is 12.6. The lowest BCUT2D eigenvalue weighted by atomic mass is 9.81. The highest BCUT2D eigenvalue weighted by Crippen LogP contribution is 2.39. The molecule has 0 bridgehead atoms. The maximum absolute atomic E-state index is 11.1. The molecule has 0 fully saturated rings. The Morgan fingerprint density at radius 1 is 1.05 bits per heavy atom. The average molecular weight is 298 g/mol. The summed E-state index contributed by atoms with van der Waals surface area (Å²) in [5.41, 5.74) is 0.224. The standard InChI is InChI=1S/C19H22OS/c1-4-18(16-11-7-5-8-12-16)19(3,20)15(2)21-17-13-9-6-10-14-17/h4-15,18,20H,1H2,2-3H3/t15-,18?,19-/m0/s1. The van der Waals surface area contributed by atoms with Crippen molar-refractivity contribution in [3.8, 4) is 0 Å². The number of thioether (sulfide) groups is 1. The number of hydrogen-bond donors (Lipinski definition) is 1. The number of rotatable bonds is 6. The van der Waals surface area contributed by atoms with Crippen LogP contribution < -0.4 is 0 Å². The van der Waals surface area contributed by atoms with E-state index >= 15 is 0 Å². The third-order valence-corrected chi connectivity index (χ3v) is 5.28. The molecular formula is C19H22OS. The van der Waals surface area contributed by atoms with Gasteiger partial charge in [-0.25, -0.2) is 0 Å². The van der Waals surface area contributed by atoms with E-state index in [1.807, 2.05) is 61.5 Å². The van der Waals surface area contributed by atoms with Crippen molar-refractivity contribution in [1.29, 1.82) is 0 Å². The fourth-order valence-corrected chi connectivity index (χ4v) is 3.56. The van der Waals surface area contributed by atoms with E-state index in [0.717, 1.165) is 5.56 Å². The number of benzene rings is 2. The Labute approximate surface area is 131 Å². The molecule has 2 aromatic carbocycles. The second-order valence-electron chi connectivity index (χ2n) is 5.42. The van der Waals surface area contributed by atoms with Crippen LogP contribution in [0.4, 0.5) is 0 Å². The Morgan fingerprint density at radius 2 is 1.57 bits per heavy atom. The van der Waals surface area contributed by atoms with E-state index in [2.05, 4.69) is 25.6 Å². The maximum atomic E-state index is 11.1. The summed E-state index contributed by atoms with van der Waals surface area (Å²) in [6.07, 6.45) is 1.84. The summed E-state index contributed by atoms with van der Waals surface area (Å²) in [6, 6.07) is 20.3. The van der Waals surface area contributed by atoms with Gasteiger partial charge in [0.05, 0.1) is 5.60 Å². The molecule has 0 amide bonds. The third kappa shape index (κ3) is 3.78. The molecule has 21 heavy (non-hydrogen) atoms. The highest BCUT2D eigenvalue weighted by molar-refractivity contribution is 8.00. The van der Waals surface area contributed by atoms with E-state index in [-0.39, 0.29) is 11.2 Å². The molecule has 2 rings (SSSR count). The molecule has 0 radical (unpaired) electrons. The first-order valence-corrected chi connectivity index (χ1v) is 8.05. The van der Waals surface area contributed by atoms with Crippen LogP contribution in [0.3, 0.4) is 0 Å². The molecule has 2 heteroatoms. The second kappa shape index (κ2) is 6.97. The molecule has 2 aromatic rings. The van der Waals surface area contributed by atoms with Gasteiger partial charge >= 0.3 is 0 Å². The van der Waals surface area contributed by atoms with E-state index in [4.69, 9.17) is 0 Å². The summed E-state index contributed by atoms with van der Waals surface area (Å²) in [7, 11) is 0. The smallest absolute Gasteiger partial charge is 0.0841 e. The fourth-order valence-electron chi connectivity index (χ4n) is 2.45. The van der Waals surface area contributed by atoms with Crippen molar-refractivity contribution >= 4 is 11.8 Å². The highest BCUT2D eigenvalue weighted by atomic mass is 32.2. The van der Waals surface area contributed by atoms with Crippen LogP contribution in [-0.2, 0) is 0 Å². The topological polar surface area (TPSA) is 20.2 Å². The Kier molecular flexibility index (Phi) is 5.27. The monoisotopic (exact) mass is 298 g/mol. The molecular weight excluding hydrogens is 276 g/mol. The molecule has 0 saturated heterocycles. The SMILES string of the molecule is C=CC(c1ccccc1)[C@@](C)(O)[C@H](C)Sc1ccccc1. The van der Waals surface area contributed by atoms with E-state index in [1.165, 1.54) is 4.90 Å². The lowest BCUT2D eigenvalue weighted by Gasteiger charge is -2.36. The van der Waals surface area contributed by atoms with Crippen LogP contribution in [0, 0.1) is 0 Å². The minimum absolute atomic E-state index is 0.0445. The summed E-state index contributed by atoms with van der Waals surface area (Å²) in [6.45, 7) is 7.89. The van der Waals surface area contributed by atoms with Crippen molar-refractivity contribution in [2.24, 2.45) is 0 Å². The highest BCUT2D eigenvalue weighted by Gasteiger charge is 2.37. The van der Waals surface area contributed by atoms with Gasteiger partial charge in [0.1, 0.15) is 0 Å². The largest absolute Gasteiger partial charge is 0.388 e. The van der Waals surface area contributed by atoms with Crippen LogP contribution in [-0.4, -0.2) is 16.0 Å². The molecule has 1 unspecified atom stereocenters. The van der Waals surface area contributed by atoms with Crippen molar-refractivity contribution in [3.63, 3.8) is 0 Å². The van der Waals surface area contributed by atoms with Crippen LogP contribution in [0.1, 0.15) is 25.3 Å². The van der Waals surface area contributed by atoms with Gasteiger partial charge in [-0.2, -0.15) is 0 Å². The summed E-state index contributed by atoms with van der Waals surface area (Å²) in [5.74, 6) is -0.0927. The molecule has 0 aliphatic carbocycles. The predicted molar refractivity (Wildman–Crippen MR) is 91.8 cm³/mol. The summed E-state index contributed by atoms with van der Waals surface area (Å²) in [5, 5.41) is 11.1. The fraction of sp³-hybridized carbons (Fsp3) is 0.263. The first-order chi connectivity index (χ1) is 10.1. The molecule has 0 heterocycles. The Bertz CT molecular complexity index is 563. The Hall–Kier alpha value is -1.51. The van der Waals surface area contributed by atoms with Crippen molar-refractivity contribution < 1.29 is 5.11 Å². The molecule has 1 N–H and O–H groups in total. The second-order valence-corrected chi connectivity index (χ2v) is 6.84. The van der Waals surface area contributed by atoms with Gasteiger partial charge in [0.15, 0.2) is 0 Å². The van der Waals surface area contributed by atoms with Crippen LogP contribution >= 0.6 is 11.8 Å². The molecule has 0 aliphatic rings. The van der Waals surface area contributed by atoms with Gasteiger partial charge in [0, 0.05) is 16.1 Å². The number of hydrogen-bond acceptors (Lipinski definition) is 2. The zero-order chi connectivity index (χ0) is 15.3. The number of aliphatic hydroxyl groups is 1. The van der Waals surface area contributed by atoms with Crippen LogP contribution in [0.15, 0.2) is 78.2 Å². The van der Waals surface area contributed by atoms with E-state index in [9.17, 15) is 5.11 Å². The Balaban J connectivity index is 2.20. The van der Waals surface area contributed by atoms with Crippen molar-refractivity contribution in [1.82, 2.24) is 0 Å². The molecule has 1 nitrogen and oxygen atoms in total.